The van der Waals surface area contributed by atoms with Gasteiger partial charge in [0.2, 0.25) is 5.91 Å². The summed E-state index contributed by atoms with van der Waals surface area (Å²) in [7, 11) is 1.11. The van der Waals surface area contributed by atoms with Crippen LogP contribution >= 0.6 is 0 Å². The number of amides is 1. The number of esters is 1. The molecule has 0 saturated carbocycles. The van der Waals surface area contributed by atoms with Crippen molar-refractivity contribution in [3.05, 3.63) is 68.4 Å². The Bertz CT molecular complexity index is 1030. The molecule has 0 aliphatic carbocycles. The molecule has 0 atom stereocenters. The monoisotopic (exact) mass is 418 g/mol. The first-order valence-electron chi connectivity index (χ1n) is 9.05. The van der Waals surface area contributed by atoms with E-state index in [0.717, 1.165) is 29.6 Å². The molecular formula is C19H19FN4O6. The number of ether oxygens (including phenoxy) is 1. The number of piperazine rings is 1. The number of rotatable bonds is 5. The number of anilines is 1. The van der Waals surface area contributed by atoms with Crippen LogP contribution in [0, 0.1) is 15.9 Å². The Labute approximate surface area is 170 Å². The second kappa shape index (κ2) is 8.72. The first-order valence-corrected chi connectivity index (χ1v) is 9.05. The van der Waals surface area contributed by atoms with E-state index in [1.165, 1.54) is 17.0 Å². The zero-order chi connectivity index (χ0) is 21.8. The summed E-state index contributed by atoms with van der Waals surface area (Å²) in [6.07, 6.45) is 1.08. The largest absolute Gasteiger partial charge is 0.465 e. The van der Waals surface area contributed by atoms with Crippen LogP contribution < -0.4 is 10.5 Å². The molecule has 3 rings (SSSR count). The number of aromatic nitrogens is 1. The molecule has 30 heavy (non-hydrogen) atoms. The maximum absolute atomic E-state index is 13.1. The minimum atomic E-state index is -0.981. The van der Waals surface area contributed by atoms with Crippen molar-refractivity contribution in [3.8, 4) is 0 Å². The van der Waals surface area contributed by atoms with E-state index in [0.29, 0.717) is 26.2 Å². The van der Waals surface area contributed by atoms with E-state index in [2.05, 4.69) is 4.74 Å². The molecule has 11 heteroatoms. The van der Waals surface area contributed by atoms with Crippen molar-refractivity contribution in [2.24, 2.45) is 0 Å². The Balaban J connectivity index is 1.72. The summed E-state index contributed by atoms with van der Waals surface area (Å²) >= 11 is 0. The van der Waals surface area contributed by atoms with Crippen LogP contribution in [0.4, 0.5) is 15.8 Å². The predicted octanol–water partition coefficient (Wildman–Crippen LogP) is 1.03. The topological polar surface area (TPSA) is 115 Å². The van der Waals surface area contributed by atoms with Gasteiger partial charge in [0.1, 0.15) is 12.4 Å². The molecule has 0 N–H and O–H groups in total. The highest BCUT2D eigenvalue weighted by atomic mass is 19.1. The lowest BCUT2D eigenvalue weighted by molar-refractivity contribution is -0.386. The molecule has 0 spiro atoms. The molecule has 1 aromatic heterocycles. The lowest BCUT2D eigenvalue weighted by Gasteiger charge is -2.36. The quantitative estimate of drug-likeness (QED) is 0.405. The Hall–Kier alpha value is -3.76. The summed E-state index contributed by atoms with van der Waals surface area (Å²) in [4.78, 5) is 50.5. The van der Waals surface area contributed by atoms with E-state index in [4.69, 9.17) is 0 Å². The fourth-order valence-electron chi connectivity index (χ4n) is 3.21. The Morgan fingerprint density at radius 2 is 1.80 bits per heavy atom. The average Bonchev–Trinajstić information content (AvgIpc) is 2.75. The van der Waals surface area contributed by atoms with Crippen molar-refractivity contribution in [2.75, 3.05) is 38.2 Å². The highest BCUT2D eigenvalue weighted by Crippen LogP contribution is 2.17. The minimum absolute atomic E-state index is 0.197. The van der Waals surface area contributed by atoms with E-state index in [9.17, 15) is 28.9 Å². The molecule has 2 heterocycles. The number of halogens is 1. The van der Waals surface area contributed by atoms with Gasteiger partial charge in [-0.25, -0.2) is 9.18 Å². The molecule has 0 radical (unpaired) electrons. The molecule has 10 nitrogen and oxygen atoms in total. The summed E-state index contributed by atoms with van der Waals surface area (Å²) in [5, 5.41) is 11.1. The molecule has 1 saturated heterocycles. The highest BCUT2D eigenvalue weighted by Gasteiger charge is 2.25. The number of carbonyl (C=O) groups excluding carboxylic acids is 2. The van der Waals surface area contributed by atoms with E-state index >= 15 is 0 Å². The Morgan fingerprint density at radius 1 is 1.17 bits per heavy atom. The van der Waals surface area contributed by atoms with Crippen LogP contribution in [-0.4, -0.2) is 59.6 Å². The molecule has 1 aromatic carbocycles. The van der Waals surface area contributed by atoms with Gasteiger partial charge >= 0.3 is 17.2 Å². The fourth-order valence-corrected chi connectivity index (χ4v) is 3.21. The summed E-state index contributed by atoms with van der Waals surface area (Å²) in [6, 6.07) is 6.87. The van der Waals surface area contributed by atoms with Gasteiger partial charge in [-0.2, -0.15) is 0 Å². The second-order valence-electron chi connectivity index (χ2n) is 6.64. The van der Waals surface area contributed by atoms with Crippen molar-refractivity contribution < 1.29 is 23.6 Å². The lowest BCUT2D eigenvalue weighted by Crippen LogP contribution is -2.50. The standard InChI is InChI=1S/C19H19FN4O6/c1-30-19(27)13-10-16(24(28)29)18(26)23(11-13)12-17(25)22-8-6-21(7-9-22)15-4-2-14(20)3-5-15/h2-5,10-11H,6-9,12H2,1H3. The van der Waals surface area contributed by atoms with Gasteiger partial charge in [-0.3, -0.25) is 24.3 Å². The summed E-state index contributed by atoms with van der Waals surface area (Å²) < 4.78 is 18.5. The number of hydrogen-bond donors (Lipinski definition) is 0. The van der Waals surface area contributed by atoms with Crippen LogP contribution in [0.3, 0.4) is 0 Å². The average molecular weight is 418 g/mol. The van der Waals surface area contributed by atoms with E-state index in [1.54, 1.807) is 12.1 Å². The summed E-state index contributed by atoms with van der Waals surface area (Å²) in [5.41, 5.74) is -1.16. The molecule has 1 fully saturated rings. The van der Waals surface area contributed by atoms with Gasteiger partial charge in [-0.1, -0.05) is 0 Å². The third kappa shape index (κ3) is 4.45. The first kappa shape index (κ1) is 21.0. The lowest BCUT2D eigenvalue weighted by atomic mass is 10.2. The van der Waals surface area contributed by atoms with Crippen LogP contribution in [0.5, 0.6) is 0 Å². The predicted molar refractivity (Wildman–Crippen MR) is 104 cm³/mol. The third-order valence-corrected chi connectivity index (χ3v) is 4.81. The minimum Gasteiger partial charge on any atom is -0.465 e. The van der Waals surface area contributed by atoms with Crippen molar-refractivity contribution in [1.82, 2.24) is 9.47 Å². The fraction of sp³-hybridized carbons (Fsp3) is 0.316. The van der Waals surface area contributed by atoms with Gasteiger partial charge in [0.15, 0.2) is 0 Å². The molecule has 1 aliphatic heterocycles. The molecular weight excluding hydrogens is 399 g/mol. The number of benzene rings is 1. The van der Waals surface area contributed by atoms with Crippen LogP contribution in [0.1, 0.15) is 10.4 Å². The maximum atomic E-state index is 13.1. The molecule has 1 aliphatic rings. The number of pyridine rings is 1. The zero-order valence-electron chi connectivity index (χ0n) is 16.1. The van der Waals surface area contributed by atoms with E-state index in [-0.39, 0.29) is 11.4 Å². The third-order valence-electron chi connectivity index (χ3n) is 4.81. The molecule has 1 amide bonds. The smallest absolute Gasteiger partial charge is 0.339 e. The van der Waals surface area contributed by atoms with E-state index in [1.807, 2.05) is 4.90 Å². The van der Waals surface area contributed by atoms with Gasteiger partial charge in [-0.05, 0) is 24.3 Å². The van der Waals surface area contributed by atoms with Crippen LogP contribution in [0.25, 0.3) is 0 Å². The van der Waals surface area contributed by atoms with Crippen molar-refractivity contribution in [3.63, 3.8) is 0 Å². The SMILES string of the molecule is COC(=O)c1cc([N+](=O)[O-])c(=O)n(CC(=O)N2CCN(c3ccc(F)cc3)CC2)c1. The van der Waals surface area contributed by atoms with Crippen molar-refractivity contribution in [1.29, 1.82) is 0 Å². The van der Waals surface area contributed by atoms with Gasteiger partial charge in [0.25, 0.3) is 0 Å². The first-order chi connectivity index (χ1) is 14.3. The molecule has 0 bridgehead atoms. The maximum Gasteiger partial charge on any atom is 0.339 e. The normalized spacial score (nSPS) is 13.8. The number of hydrogen-bond acceptors (Lipinski definition) is 7. The summed E-state index contributed by atoms with van der Waals surface area (Å²) in [6.45, 7) is 1.30. The van der Waals surface area contributed by atoms with Gasteiger partial charge < -0.3 is 14.5 Å². The molecule has 0 unspecified atom stereocenters. The van der Waals surface area contributed by atoms with E-state index < -0.39 is 34.6 Å². The Kier molecular flexibility index (Phi) is 6.09. The van der Waals surface area contributed by atoms with Gasteiger partial charge in [0.05, 0.1) is 17.6 Å². The van der Waals surface area contributed by atoms with Crippen LogP contribution in [0.15, 0.2) is 41.3 Å². The van der Waals surface area contributed by atoms with Crippen LogP contribution in [0.2, 0.25) is 0 Å². The highest BCUT2D eigenvalue weighted by molar-refractivity contribution is 5.89. The number of nitro groups is 1. The molecule has 158 valence electrons. The molecule has 2 aromatic rings. The number of nitrogens with zero attached hydrogens (tertiary/aromatic N) is 4. The van der Waals surface area contributed by atoms with Crippen molar-refractivity contribution >= 4 is 23.3 Å². The van der Waals surface area contributed by atoms with Gasteiger partial charge in [-0.15, -0.1) is 0 Å². The second-order valence-corrected chi connectivity index (χ2v) is 6.64. The van der Waals surface area contributed by atoms with Crippen LogP contribution in [-0.2, 0) is 16.1 Å². The Morgan fingerprint density at radius 3 is 2.37 bits per heavy atom. The van der Waals surface area contributed by atoms with Crippen molar-refractivity contribution in [2.45, 2.75) is 6.54 Å². The summed E-state index contributed by atoms with van der Waals surface area (Å²) in [5.74, 6) is -1.60. The zero-order valence-corrected chi connectivity index (χ0v) is 16.1. The number of carbonyl (C=O) groups is 2. The van der Waals surface area contributed by atoms with Gasteiger partial charge in [0, 0.05) is 44.1 Å². The number of methoxy groups -OCH3 is 1.